The SMILES string of the molecule is Cc1cc(-c2cnc(SCC(=O)c3ccc(F)cc3)nc2-c2cccs2)on1. The van der Waals surface area contributed by atoms with E-state index in [1.807, 2.05) is 30.5 Å². The lowest BCUT2D eigenvalue weighted by Gasteiger charge is -2.07. The van der Waals surface area contributed by atoms with Gasteiger partial charge in [-0.25, -0.2) is 14.4 Å². The Labute approximate surface area is 168 Å². The van der Waals surface area contributed by atoms with Crippen molar-refractivity contribution in [3.05, 3.63) is 71.1 Å². The fourth-order valence-electron chi connectivity index (χ4n) is 2.56. The molecule has 0 aliphatic heterocycles. The van der Waals surface area contributed by atoms with Gasteiger partial charge in [0.2, 0.25) is 0 Å². The third-order valence-corrected chi connectivity index (χ3v) is 5.65. The van der Waals surface area contributed by atoms with Crippen molar-refractivity contribution in [3.63, 3.8) is 0 Å². The summed E-state index contributed by atoms with van der Waals surface area (Å²) in [7, 11) is 0. The van der Waals surface area contributed by atoms with Crippen molar-refractivity contribution >= 4 is 28.9 Å². The average Bonchev–Trinajstić information content (AvgIpc) is 3.38. The number of carbonyl (C=O) groups excluding carboxylic acids is 1. The van der Waals surface area contributed by atoms with E-state index in [2.05, 4.69) is 15.1 Å². The summed E-state index contributed by atoms with van der Waals surface area (Å²) in [5.74, 6) is 0.281. The molecule has 4 aromatic rings. The Hall–Kier alpha value is -2.84. The van der Waals surface area contributed by atoms with Gasteiger partial charge in [-0.05, 0) is 42.6 Å². The second-order valence-corrected chi connectivity index (χ2v) is 7.83. The number of carbonyl (C=O) groups is 1. The first-order chi connectivity index (χ1) is 13.6. The molecule has 0 bridgehead atoms. The monoisotopic (exact) mass is 411 g/mol. The molecule has 0 spiro atoms. The number of benzene rings is 1. The van der Waals surface area contributed by atoms with Gasteiger partial charge in [0, 0.05) is 17.8 Å². The van der Waals surface area contributed by atoms with E-state index >= 15 is 0 Å². The van der Waals surface area contributed by atoms with Crippen LogP contribution in [0.2, 0.25) is 0 Å². The molecule has 28 heavy (non-hydrogen) atoms. The summed E-state index contributed by atoms with van der Waals surface area (Å²) in [6, 6.07) is 11.3. The molecule has 0 aliphatic carbocycles. The Bertz CT molecular complexity index is 1110. The molecule has 1 aromatic carbocycles. The quantitative estimate of drug-likeness (QED) is 0.244. The molecule has 3 aromatic heterocycles. The number of aryl methyl sites for hydroxylation is 1. The number of hydrogen-bond acceptors (Lipinski definition) is 7. The molecule has 140 valence electrons. The maximum absolute atomic E-state index is 13.0. The first-order valence-electron chi connectivity index (χ1n) is 8.36. The van der Waals surface area contributed by atoms with Crippen LogP contribution >= 0.6 is 23.1 Å². The highest BCUT2D eigenvalue weighted by Gasteiger charge is 2.17. The molecule has 0 aliphatic rings. The van der Waals surface area contributed by atoms with Crippen LogP contribution in [0.3, 0.4) is 0 Å². The number of thiophene rings is 1. The highest BCUT2D eigenvalue weighted by Crippen LogP contribution is 2.34. The first-order valence-corrected chi connectivity index (χ1v) is 10.2. The van der Waals surface area contributed by atoms with E-state index in [4.69, 9.17) is 4.52 Å². The van der Waals surface area contributed by atoms with Crippen LogP contribution < -0.4 is 0 Å². The fraction of sp³-hybridized carbons (Fsp3) is 0.100. The molecule has 0 amide bonds. The van der Waals surface area contributed by atoms with E-state index in [1.54, 1.807) is 17.5 Å². The van der Waals surface area contributed by atoms with Crippen LogP contribution in [0.15, 0.2) is 63.7 Å². The number of hydrogen-bond donors (Lipinski definition) is 0. The lowest BCUT2D eigenvalue weighted by atomic mass is 10.1. The Morgan fingerprint density at radius 3 is 2.75 bits per heavy atom. The van der Waals surface area contributed by atoms with Crippen LogP contribution in [0, 0.1) is 12.7 Å². The molecule has 0 saturated carbocycles. The zero-order valence-corrected chi connectivity index (χ0v) is 16.4. The van der Waals surface area contributed by atoms with Crippen molar-refractivity contribution in [2.24, 2.45) is 0 Å². The van der Waals surface area contributed by atoms with Crippen LogP contribution in [-0.2, 0) is 0 Å². The van der Waals surface area contributed by atoms with Gasteiger partial charge in [-0.3, -0.25) is 4.79 Å². The maximum atomic E-state index is 13.0. The molecule has 5 nitrogen and oxygen atoms in total. The van der Waals surface area contributed by atoms with Crippen LogP contribution in [0.5, 0.6) is 0 Å². The van der Waals surface area contributed by atoms with E-state index in [9.17, 15) is 9.18 Å². The standard InChI is InChI=1S/C20H14FN3O2S2/c1-12-9-17(26-24-12)15-10-22-20(23-19(15)18-3-2-8-27-18)28-11-16(25)13-4-6-14(21)7-5-13/h2-10H,11H2,1H3. The van der Waals surface area contributed by atoms with E-state index in [0.717, 1.165) is 21.8 Å². The maximum Gasteiger partial charge on any atom is 0.188 e. The highest BCUT2D eigenvalue weighted by atomic mass is 32.2. The van der Waals surface area contributed by atoms with Gasteiger partial charge in [-0.1, -0.05) is 23.0 Å². The molecule has 4 rings (SSSR count). The molecular formula is C20H14FN3O2S2. The largest absolute Gasteiger partial charge is 0.356 e. The van der Waals surface area contributed by atoms with E-state index in [1.165, 1.54) is 36.0 Å². The summed E-state index contributed by atoms with van der Waals surface area (Å²) >= 11 is 2.80. The number of halogens is 1. The molecule has 3 heterocycles. The van der Waals surface area contributed by atoms with Gasteiger partial charge in [0.05, 0.1) is 27.6 Å². The topological polar surface area (TPSA) is 68.9 Å². The summed E-state index contributed by atoms with van der Waals surface area (Å²) in [5, 5.41) is 6.39. The van der Waals surface area contributed by atoms with Crippen molar-refractivity contribution in [1.82, 2.24) is 15.1 Å². The molecule has 0 radical (unpaired) electrons. The second kappa shape index (κ2) is 8.04. The third-order valence-electron chi connectivity index (χ3n) is 3.91. The van der Waals surface area contributed by atoms with Crippen LogP contribution in [0.4, 0.5) is 4.39 Å². The minimum absolute atomic E-state index is 0.110. The lowest BCUT2D eigenvalue weighted by Crippen LogP contribution is -2.03. The zero-order chi connectivity index (χ0) is 19.5. The summed E-state index contributed by atoms with van der Waals surface area (Å²) in [6.45, 7) is 1.85. The van der Waals surface area contributed by atoms with Gasteiger partial charge in [0.25, 0.3) is 0 Å². The Balaban J connectivity index is 1.59. The van der Waals surface area contributed by atoms with Crippen LogP contribution in [0.1, 0.15) is 16.1 Å². The number of thioether (sulfide) groups is 1. The fourth-order valence-corrected chi connectivity index (χ4v) is 3.99. The van der Waals surface area contributed by atoms with Crippen LogP contribution in [-0.4, -0.2) is 26.7 Å². The summed E-state index contributed by atoms with van der Waals surface area (Å²) in [6.07, 6.45) is 1.69. The third kappa shape index (κ3) is 4.02. The number of rotatable bonds is 6. The van der Waals surface area contributed by atoms with Crippen molar-refractivity contribution in [1.29, 1.82) is 0 Å². The molecule has 0 unspecified atom stereocenters. The van der Waals surface area contributed by atoms with Gasteiger partial charge in [0.15, 0.2) is 16.7 Å². The lowest BCUT2D eigenvalue weighted by molar-refractivity contribution is 0.102. The predicted molar refractivity (Wildman–Crippen MR) is 107 cm³/mol. The molecule has 0 atom stereocenters. The summed E-state index contributed by atoms with van der Waals surface area (Å²) < 4.78 is 18.4. The number of nitrogens with zero attached hydrogens (tertiary/aromatic N) is 3. The Morgan fingerprint density at radius 2 is 2.07 bits per heavy atom. The summed E-state index contributed by atoms with van der Waals surface area (Å²) in [5.41, 5.74) is 2.71. The number of Topliss-reactive ketones (excluding diaryl/α,β-unsaturated/α-hetero) is 1. The minimum Gasteiger partial charge on any atom is -0.356 e. The summed E-state index contributed by atoms with van der Waals surface area (Å²) in [4.78, 5) is 22.3. The van der Waals surface area contributed by atoms with Gasteiger partial charge < -0.3 is 4.52 Å². The Kier molecular flexibility index (Phi) is 5.31. The van der Waals surface area contributed by atoms with E-state index in [0.29, 0.717) is 16.5 Å². The molecule has 8 heteroatoms. The van der Waals surface area contributed by atoms with Gasteiger partial charge in [0.1, 0.15) is 5.82 Å². The van der Waals surface area contributed by atoms with Gasteiger partial charge in [-0.15, -0.1) is 11.3 Å². The first kappa shape index (κ1) is 18.5. The molecule has 0 saturated heterocycles. The average molecular weight is 411 g/mol. The molecule has 0 N–H and O–H groups in total. The van der Waals surface area contributed by atoms with E-state index < -0.39 is 0 Å². The number of aromatic nitrogens is 3. The highest BCUT2D eigenvalue weighted by molar-refractivity contribution is 7.99. The van der Waals surface area contributed by atoms with Gasteiger partial charge in [-0.2, -0.15) is 0 Å². The van der Waals surface area contributed by atoms with Gasteiger partial charge >= 0.3 is 0 Å². The van der Waals surface area contributed by atoms with Crippen LogP contribution in [0.25, 0.3) is 21.9 Å². The van der Waals surface area contributed by atoms with Crippen molar-refractivity contribution in [2.45, 2.75) is 12.1 Å². The molecule has 0 fully saturated rings. The van der Waals surface area contributed by atoms with E-state index in [-0.39, 0.29) is 17.4 Å². The predicted octanol–water partition coefficient (Wildman–Crippen LogP) is 5.28. The smallest absolute Gasteiger partial charge is 0.188 e. The van der Waals surface area contributed by atoms with Crippen molar-refractivity contribution in [3.8, 4) is 21.9 Å². The van der Waals surface area contributed by atoms with Crippen molar-refractivity contribution < 1.29 is 13.7 Å². The number of ketones is 1. The zero-order valence-electron chi connectivity index (χ0n) is 14.8. The Morgan fingerprint density at radius 1 is 1.25 bits per heavy atom. The van der Waals surface area contributed by atoms with Crippen molar-refractivity contribution in [2.75, 3.05) is 5.75 Å². The minimum atomic E-state index is -0.369. The normalized spacial score (nSPS) is 10.9. The molecular weight excluding hydrogens is 397 g/mol. The second-order valence-electron chi connectivity index (χ2n) is 5.94.